The lowest BCUT2D eigenvalue weighted by Gasteiger charge is -2.08. The highest BCUT2D eigenvalue weighted by Crippen LogP contribution is 2.32. The number of rotatable bonds is 5. The molecule has 5 heteroatoms. The Morgan fingerprint density at radius 3 is 2.63 bits per heavy atom. The maximum Gasteiger partial charge on any atom is 0.161 e. The van der Waals surface area contributed by atoms with Gasteiger partial charge in [-0.25, -0.2) is 0 Å². The van der Waals surface area contributed by atoms with Crippen molar-refractivity contribution in [2.24, 2.45) is 0 Å². The molecule has 2 aromatic rings. The van der Waals surface area contributed by atoms with E-state index in [0.29, 0.717) is 11.8 Å². The summed E-state index contributed by atoms with van der Waals surface area (Å²) in [4.78, 5) is 0. The summed E-state index contributed by atoms with van der Waals surface area (Å²) in [6.07, 6.45) is 2.47. The Morgan fingerprint density at radius 2 is 1.95 bits per heavy atom. The number of H-pyrrole nitrogens is 1. The molecule has 3 rings (SSSR count). The van der Waals surface area contributed by atoms with E-state index in [9.17, 15) is 0 Å². The van der Waals surface area contributed by atoms with Crippen LogP contribution in [0.3, 0.4) is 0 Å². The standard InChI is InChI=1S/C14H17N3O2/c1-18-12-6-3-9(7-13(12)19-2)11-8-14(17-16-11)15-10-4-5-10/h3,6-8,10H,4-5H2,1-2H3,(H2,15,16,17). The monoisotopic (exact) mass is 259 g/mol. The molecule has 0 unspecified atom stereocenters. The Hall–Kier alpha value is -2.17. The van der Waals surface area contributed by atoms with E-state index in [1.54, 1.807) is 14.2 Å². The highest BCUT2D eigenvalue weighted by molar-refractivity contribution is 5.66. The van der Waals surface area contributed by atoms with Crippen LogP contribution in [-0.2, 0) is 0 Å². The summed E-state index contributed by atoms with van der Waals surface area (Å²) in [5.41, 5.74) is 1.98. The van der Waals surface area contributed by atoms with E-state index >= 15 is 0 Å². The number of nitrogens with zero attached hydrogens (tertiary/aromatic N) is 1. The maximum absolute atomic E-state index is 5.30. The SMILES string of the molecule is COc1ccc(-c2cc(NC3CC3)n[nH]2)cc1OC. The van der Waals surface area contributed by atoms with Crippen molar-refractivity contribution in [3.8, 4) is 22.8 Å². The fraction of sp³-hybridized carbons (Fsp3) is 0.357. The van der Waals surface area contributed by atoms with E-state index in [0.717, 1.165) is 22.8 Å². The van der Waals surface area contributed by atoms with Crippen molar-refractivity contribution in [1.29, 1.82) is 0 Å². The van der Waals surface area contributed by atoms with Crippen LogP contribution in [0.4, 0.5) is 5.82 Å². The van der Waals surface area contributed by atoms with Gasteiger partial charge in [-0.1, -0.05) is 0 Å². The van der Waals surface area contributed by atoms with Gasteiger partial charge in [-0.3, -0.25) is 5.10 Å². The molecule has 2 N–H and O–H groups in total. The minimum atomic E-state index is 0.599. The van der Waals surface area contributed by atoms with Crippen molar-refractivity contribution in [2.45, 2.75) is 18.9 Å². The first kappa shape index (κ1) is 11.9. The van der Waals surface area contributed by atoms with Gasteiger partial charge in [0.15, 0.2) is 11.5 Å². The average Bonchev–Trinajstić information content (AvgIpc) is 3.13. The number of nitrogens with one attached hydrogen (secondary N) is 2. The van der Waals surface area contributed by atoms with Crippen LogP contribution in [0.2, 0.25) is 0 Å². The van der Waals surface area contributed by atoms with Crippen LogP contribution in [0.15, 0.2) is 24.3 Å². The largest absolute Gasteiger partial charge is 0.493 e. The molecule has 100 valence electrons. The second kappa shape index (κ2) is 4.84. The summed E-state index contributed by atoms with van der Waals surface area (Å²) in [7, 11) is 3.26. The third-order valence-electron chi connectivity index (χ3n) is 3.20. The van der Waals surface area contributed by atoms with Gasteiger partial charge in [-0.15, -0.1) is 0 Å². The molecule has 0 saturated heterocycles. The fourth-order valence-corrected chi connectivity index (χ4v) is 1.98. The molecule has 5 nitrogen and oxygen atoms in total. The van der Waals surface area contributed by atoms with Crippen molar-refractivity contribution < 1.29 is 9.47 Å². The molecule has 1 aliphatic rings. The Kier molecular flexibility index (Phi) is 3.03. The molecule has 1 aromatic carbocycles. The summed E-state index contributed by atoms with van der Waals surface area (Å²) in [6.45, 7) is 0. The predicted molar refractivity (Wildman–Crippen MR) is 73.8 cm³/mol. The molecule has 0 atom stereocenters. The molecule has 0 amide bonds. The van der Waals surface area contributed by atoms with Gasteiger partial charge in [0.05, 0.1) is 19.9 Å². The molecule has 0 radical (unpaired) electrons. The molecule has 0 spiro atoms. The Bertz CT molecular complexity index is 576. The van der Waals surface area contributed by atoms with Gasteiger partial charge in [-0.05, 0) is 31.0 Å². The van der Waals surface area contributed by atoms with E-state index in [1.165, 1.54) is 12.8 Å². The number of hydrogen-bond acceptors (Lipinski definition) is 4. The molecule has 0 aliphatic heterocycles. The quantitative estimate of drug-likeness (QED) is 0.866. The van der Waals surface area contributed by atoms with Gasteiger partial charge in [0, 0.05) is 17.7 Å². The number of aromatic nitrogens is 2. The highest BCUT2D eigenvalue weighted by Gasteiger charge is 2.21. The van der Waals surface area contributed by atoms with E-state index in [1.807, 2.05) is 24.3 Å². The molecule has 19 heavy (non-hydrogen) atoms. The average molecular weight is 259 g/mol. The molecular weight excluding hydrogens is 242 g/mol. The van der Waals surface area contributed by atoms with Crippen LogP contribution in [0.1, 0.15) is 12.8 Å². The first-order valence-electron chi connectivity index (χ1n) is 6.34. The van der Waals surface area contributed by atoms with Crippen LogP contribution in [0.25, 0.3) is 11.3 Å². The molecule has 1 aromatic heterocycles. The molecule has 1 saturated carbocycles. The topological polar surface area (TPSA) is 59.2 Å². The van der Waals surface area contributed by atoms with Crippen molar-refractivity contribution >= 4 is 5.82 Å². The third kappa shape index (κ3) is 2.50. The van der Waals surface area contributed by atoms with Gasteiger partial charge < -0.3 is 14.8 Å². The Morgan fingerprint density at radius 1 is 1.16 bits per heavy atom. The smallest absolute Gasteiger partial charge is 0.161 e. The summed E-state index contributed by atoms with van der Waals surface area (Å²) >= 11 is 0. The fourth-order valence-electron chi connectivity index (χ4n) is 1.98. The second-order valence-corrected chi connectivity index (χ2v) is 4.66. The van der Waals surface area contributed by atoms with E-state index < -0.39 is 0 Å². The minimum Gasteiger partial charge on any atom is -0.493 e. The lowest BCUT2D eigenvalue weighted by atomic mass is 10.1. The lowest BCUT2D eigenvalue weighted by molar-refractivity contribution is 0.355. The maximum atomic E-state index is 5.30. The van der Waals surface area contributed by atoms with Gasteiger partial charge in [0.2, 0.25) is 0 Å². The third-order valence-corrected chi connectivity index (χ3v) is 3.20. The van der Waals surface area contributed by atoms with Crippen LogP contribution >= 0.6 is 0 Å². The van der Waals surface area contributed by atoms with Crippen LogP contribution < -0.4 is 14.8 Å². The predicted octanol–water partition coefficient (Wildman–Crippen LogP) is 2.67. The second-order valence-electron chi connectivity index (χ2n) is 4.66. The molecular formula is C14H17N3O2. The van der Waals surface area contributed by atoms with E-state index in [2.05, 4.69) is 15.5 Å². The first-order chi connectivity index (χ1) is 9.30. The first-order valence-corrected chi connectivity index (χ1v) is 6.34. The van der Waals surface area contributed by atoms with Crippen molar-refractivity contribution in [2.75, 3.05) is 19.5 Å². The number of ether oxygens (including phenoxy) is 2. The number of anilines is 1. The van der Waals surface area contributed by atoms with Crippen LogP contribution in [0, 0.1) is 0 Å². The Balaban J connectivity index is 1.85. The summed E-state index contributed by atoms with van der Waals surface area (Å²) < 4.78 is 10.5. The number of hydrogen-bond donors (Lipinski definition) is 2. The molecule has 1 fully saturated rings. The molecule has 1 aliphatic carbocycles. The minimum absolute atomic E-state index is 0.599. The number of benzene rings is 1. The van der Waals surface area contributed by atoms with Crippen molar-refractivity contribution in [1.82, 2.24) is 10.2 Å². The van der Waals surface area contributed by atoms with Gasteiger partial charge >= 0.3 is 0 Å². The number of methoxy groups -OCH3 is 2. The summed E-state index contributed by atoms with van der Waals surface area (Å²) in [6, 6.07) is 8.42. The number of aromatic amines is 1. The molecule has 0 bridgehead atoms. The zero-order valence-corrected chi connectivity index (χ0v) is 11.1. The van der Waals surface area contributed by atoms with Crippen molar-refractivity contribution in [3.63, 3.8) is 0 Å². The van der Waals surface area contributed by atoms with E-state index in [-0.39, 0.29) is 0 Å². The van der Waals surface area contributed by atoms with E-state index in [4.69, 9.17) is 9.47 Å². The summed E-state index contributed by atoms with van der Waals surface area (Å²) in [5.74, 6) is 2.33. The van der Waals surface area contributed by atoms with Crippen molar-refractivity contribution in [3.05, 3.63) is 24.3 Å². The van der Waals surface area contributed by atoms with Gasteiger partial charge in [0.25, 0.3) is 0 Å². The lowest BCUT2D eigenvalue weighted by Crippen LogP contribution is -2.00. The normalized spacial score (nSPS) is 14.2. The van der Waals surface area contributed by atoms with Gasteiger partial charge in [0.1, 0.15) is 5.82 Å². The van der Waals surface area contributed by atoms with Crippen LogP contribution in [-0.4, -0.2) is 30.5 Å². The highest BCUT2D eigenvalue weighted by atomic mass is 16.5. The van der Waals surface area contributed by atoms with Crippen LogP contribution in [0.5, 0.6) is 11.5 Å². The zero-order valence-electron chi connectivity index (χ0n) is 11.1. The van der Waals surface area contributed by atoms with Gasteiger partial charge in [-0.2, -0.15) is 5.10 Å². The zero-order chi connectivity index (χ0) is 13.2. The summed E-state index contributed by atoms with van der Waals surface area (Å²) in [5, 5.41) is 10.7. The Labute approximate surface area is 111 Å². The molecule has 1 heterocycles.